The predicted molar refractivity (Wildman–Crippen MR) is 208 cm³/mol. The summed E-state index contributed by atoms with van der Waals surface area (Å²) < 4.78 is 12.1. The van der Waals surface area contributed by atoms with Crippen LogP contribution < -0.4 is 20.1 Å². The Kier molecular flexibility index (Phi) is 11.9. The number of piperidine rings is 2. The van der Waals surface area contributed by atoms with Gasteiger partial charge >= 0.3 is 11.9 Å². The number of ether oxygens (including phenoxy) is 2. The van der Waals surface area contributed by atoms with Gasteiger partial charge in [-0.2, -0.15) is 4.98 Å². The molecule has 14 heteroatoms. The molecule has 4 N–H and O–H groups in total. The zero-order valence-corrected chi connectivity index (χ0v) is 31.9. The zero-order valence-electron chi connectivity index (χ0n) is 30.4. The predicted octanol–water partition coefficient (Wildman–Crippen LogP) is 7.35. The quantitative estimate of drug-likeness (QED) is 0.114. The number of carboxylic acid groups (broad SMARTS) is 2. The van der Waals surface area contributed by atoms with Crippen molar-refractivity contribution in [2.75, 3.05) is 19.0 Å². The number of hydrogen-bond donors (Lipinski definition) is 4. The highest BCUT2D eigenvalue weighted by Gasteiger charge is 2.32. The van der Waals surface area contributed by atoms with Crippen molar-refractivity contribution in [2.45, 2.75) is 88.6 Å². The minimum absolute atomic E-state index is 0.0548. The molecule has 0 spiro atoms. The molecule has 288 valence electrons. The molecule has 4 aromatic rings. The van der Waals surface area contributed by atoms with Crippen LogP contribution in [0.25, 0.3) is 11.1 Å². The average molecular weight is 789 g/mol. The first-order valence-corrected chi connectivity index (χ1v) is 19.4. The number of amides is 1. The maximum absolute atomic E-state index is 13.8. The second kappa shape index (κ2) is 16.9. The van der Waals surface area contributed by atoms with Gasteiger partial charge in [-0.3, -0.25) is 19.3 Å². The van der Waals surface area contributed by atoms with Crippen LogP contribution in [0.5, 0.6) is 11.8 Å². The Morgan fingerprint density at radius 2 is 1.75 bits per heavy atom. The van der Waals surface area contributed by atoms with Crippen LogP contribution in [0.3, 0.4) is 0 Å². The van der Waals surface area contributed by atoms with Crippen molar-refractivity contribution < 1.29 is 34.1 Å². The number of benzene rings is 2. The fourth-order valence-corrected chi connectivity index (χ4v) is 8.65. The van der Waals surface area contributed by atoms with Crippen LogP contribution in [-0.2, 0) is 29.0 Å². The number of carbonyl (C=O) groups is 3. The average Bonchev–Trinajstić information content (AvgIpc) is 3.59. The molecule has 7 rings (SSSR count). The van der Waals surface area contributed by atoms with Crippen LogP contribution in [0.15, 0.2) is 60.8 Å². The molecule has 4 atom stereocenters. The number of carboxylic acids is 2. The van der Waals surface area contributed by atoms with Gasteiger partial charge in [0, 0.05) is 29.9 Å². The lowest BCUT2D eigenvalue weighted by Gasteiger charge is -2.33. The Morgan fingerprint density at radius 1 is 0.927 bits per heavy atom. The highest BCUT2D eigenvalue weighted by Crippen LogP contribution is 2.44. The number of halogens is 2. The van der Waals surface area contributed by atoms with Crippen molar-refractivity contribution in [2.24, 2.45) is 0 Å². The molecule has 3 aliphatic rings. The van der Waals surface area contributed by atoms with E-state index in [0.717, 1.165) is 47.9 Å². The molecule has 2 unspecified atom stereocenters. The van der Waals surface area contributed by atoms with Crippen molar-refractivity contribution in [3.8, 4) is 22.9 Å². The molecule has 0 saturated carbocycles. The molecule has 12 nitrogen and oxygen atoms in total. The fraction of sp³-hybridized carbons (Fsp3) is 0.390. The molecule has 4 heterocycles. The minimum atomic E-state index is -0.860. The summed E-state index contributed by atoms with van der Waals surface area (Å²) in [7, 11) is 1.52. The molecule has 2 saturated heterocycles. The molecule has 0 radical (unpaired) electrons. The largest absolute Gasteiger partial charge is 0.481 e. The van der Waals surface area contributed by atoms with Crippen molar-refractivity contribution in [3.63, 3.8) is 0 Å². The van der Waals surface area contributed by atoms with E-state index in [2.05, 4.69) is 20.6 Å². The topological polar surface area (TPSA) is 163 Å². The number of pyridine rings is 2. The number of nitrogens with one attached hydrogen (secondary N) is 2. The molecule has 2 aromatic carbocycles. The molecular formula is C41H43Cl2N5O7. The van der Waals surface area contributed by atoms with E-state index >= 15 is 0 Å². The minimum Gasteiger partial charge on any atom is -0.481 e. The lowest BCUT2D eigenvalue weighted by molar-refractivity contribution is -0.145. The summed E-state index contributed by atoms with van der Waals surface area (Å²) >= 11 is 13.8. The van der Waals surface area contributed by atoms with Crippen molar-refractivity contribution >= 4 is 46.9 Å². The highest BCUT2D eigenvalue weighted by atomic mass is 35.5. The number of fused-ring (bicyclic) bond motifs is 1. The summed E-state index contributed by atoms with van der Waals surface area (Å²) in [6, 6.07) is 15.5. The van der Waals surface area contributed by atoms with Gasteiger partial charge in [-0.25, -0.2) is 4.98 Å². The number of nitrogens with zero attached hydrogens (tertiary/aromatic N) is 3. The number of aliphatic carboxylic acids is 2. The van der Waals surface area contributed by atoms with Gasteiger partial charge in [-0.1, -0.05) is 66.0 Å². The van der Waals surface area contributed by atoms with Gasteiger partial charge in [0.15, 0.2) is 0 Å². The first-order valence-electron chi connectivity index (χ1n) is 18.6. The standard InChI is InChI=1S/C41H43Cl2N5O7/c1-54-38-24(22-48-19-3-2-15-33(48)41(52)53)21-31(42)39(47-38)55-34-17-16-27-26(10-5-11-28(27)34)29-12-6-13-30(35(29)43)37(49)46-36-23(8-7-18-44-36)20-25-9-4-14-32(45-25)40(50)51/h5-8,10-13,18,21,25,32-34,45H,2-4,9,14-17,19-20,22H2,1H3,(H,50,51)(H,52,53)(H,44,46,49)/t25?,32?,33-,34-/m0/s1. The third-order valence-corrected chi connectivity index (χ3v) is 11.5. The number of methoxy groups -OCH3 is 1. The van der Waals surface area contributed by atoms with Crippen LogP contribution >= 0.6 is 23.2 Å². The maximum atomic E-state index is 13.8. The summed E-state index contributed by atoms with van der Waals surface area (Å²) in [5.74, 6) is -1.14. The monoisotopic (exact) mass is 787 g/mol. The Bertz CT molecular complexity index is 2100. The summed E-state index contributed by atoms with van der Waals surface area (Å²) in [6.07, 6.45) is 7.72. The Balaban J connectivity index is 1.08. The lowest BCUT2D eigenvalue weighted by Crippen LogP contribution is -2.47. The van der Waals surface area contributed by atoms with Crippen molar-refractivity contribution in [3.05, 3.63) is 98.7 Å². The Morgan fingerprint density at radius 3 is 2.55 bits per heavy atom. The number of carbonyl (C=O) groups excluding carboxylic acids is 1. The molecule has 2 aromatic heterocycles. The third kappa shape index (κ3) is 8.42. The first-order chi connectivity index (χ1) is 26.6. The fourth-order valence-electron chi connectivity index (χ4n) is 8.12. The molecule has 1 aliphatic carbocycles. The summed E-state index contributed by atoms with van der Waals surface area (Å²) in [5, 5.41) is 26.0. The van der Waals surface area contributed by atoms with E-state index in [1.54, 1.807) is 30.5 Å². The van der Waals surface area contributed by atoms with E-state index in [0.29, 0.717) is 83.6 Å². The van der Waals surface area contributed by atoms with Crippen LogP contribution in [0, 0.1) is 0 Å². The molecule has 2 fully saturated rings. The van der Waals surface area contributed by atoms with E-state index in [-0.39, 0.29) is 18.0 Å². The molecule has 55 heavy (non-hydrogen) atoms. The van der Waals surface area contributed by atoms with E-state index in [4.69, 9.17) is 32.7 Å². The first kappa shape index (κ1) is 38.5. The van der Waals surface area contributed by atoms with Crippen LogP contribution in [-0.4, -0.2) is 74.7 Å². The second-order valence-electron chi connectivity index (χ2n) is 14.3. The van der Waals surface area contributed by atoms with Crippen LogP contribution in [0.2, 0.25) is 10.0 Å². The van der Waals surface area contributed by atoms with Gasteiger partial charge in [0.25, 0.3) is 5.91 Å². The van der Waals surface area contributed by atoms with Gasteiger partial charge < -0.3 is 30.3 Å². The smallest absolute Gasteiger partial charge is 0.320 e. The maximum Gasteiger partial charge on any atom is 0.320 e. The number of anilines is 1. The van der Waals surface area contributed by atoms with Gasteiger partial charge in [0.05, 0.1) is 17.7 Å². The van der Waals surface area contributed by atoms with Gasteiger partial charge in [-0.05, 0) is 98.4 Å². The number of aromatic nitrogens is 2. The number of rotatable bonds is 12. The van der Waals surface area contributed by atoms with E-state index in [1.807, 2.05) is 35.2 Å². The summed E-state index contributed by atoms with van der Waals surface area (Å²) in [6.45, 7) is 1.01. The van der Waals surface area contributed by atoms with Gasteiger partial charge in [0.2, 0.25) is 11.8 Å². The van der Waals surface area contributed by atoms with E-state index in [9.17, 15) is 24.6 Å². The summed E-state index contributed by atoms with van der Waals surface area (Å²) in [5.41, 5.74) is 5.38. The van der Waals surface area contributed by atoms with Crippen LogP contribution in [0.1, 0.15) is 83.7 Å². The Labute approximate surface area is 329 Å². The van der Waals surface area contributed by atoms with Gasteiger partial charge in [-0.15, -0.1) is 0 Å². The SMILES string of the molecule is COc1nc(O[C@H]2CCc3c(-c4cccc(C(=O)Nc5ncccc5CC5CCCC(C(=O)O)N5)c4Cl)cccc32)c(Cl)cc1CN1CCCC[C@H]1C(=O)O. The lowest BCUT2D eigenvalue weighted by atomic mass is 9.94. The van der Waals surface area contributed by atoms with E-state index < -0.39 is 29.9 Å². The normalized spacial score (nSPS) is 21.1. The third-order valence-electron chi connectivity index (χ3n) is 10.8. The van der Waals surface area contributed by atoms with Crippen LogP contribution in [0.4, 0.5) is 5.82 Å². The highest BCUT2D eigenvalue weighted by molar-refractivity contribution is 6.37. The Hall–Kier alpha value is -4.75. The molecule has 0 bridgehead atoms. The molecule has 1 amide bonds. The number of hydrogen-bond acceptors (Lipinski definition) is 9. The second-order valence-corrected chi connectivity index (χ2v) is 15.1. The van der Waals surface area contributed by atoms with Crippen molar-refractivity contribution in [1.82, 2.24) is 20.2 Å². The van der Waals surface area contributed by atoms with Gasteiger partial charge in [0.1, 0.15) is 29.0 Å². The number of likely N-dealkylation sites (tertiary alicyclic amines) is 1. The van der Waals surface area contributed by atoms with Crippen molar-refractivity contribution in [1.29, 1.82) is 0 Å². The van der Waals surface area contributed by atoms with E-state index in [1.165, 1.54) is 7.11 Å². The zero-order chi connectivity index (χ0) is 38.6. The molecule has 2 aliphatic heterocycles. The molecular weight excluding hydrogens is 745 g/mol. The summed E-state index contributed by atoms with van der Waals surface area (Å²) in [4.78, 5) is 48.2.